The lowest BCUT2D eigenvalue weighted by molar-refractivity contribution is -0.139. The molecule has 1 aromatic carbocycles. The number of ether oxygens (including phenoxy) is 1. The Labute approximate surface area is 99.2 Å². The number of carbonyl (C=O) groups is 1. The summed E-state index contributed by atoms with van der Waals surface area (Å²) in [5.74, 6) is -0.423. The normalized spacial score (nSPS) is 12.2. The van der Waals surface area contributed by atoms with Crippen LogP contribution >= 0.6 is 11.6 Å². The van der Waals surface area contributed by atoms with E-state index in [1.807, 2.05) is 6.92 Å². The molecule has 0 aliphatic rings. The summed E-state index contributed by atoms with van der Waals surface area (Å²) in [5, 5.41) is 12.3. The van der Waals surface area contributed by atoms with Crippen LogP contribution in [0, 0.1) is 6.92 Å². The third-order valence-corrected chi connectivity index (χ3v) is 2.54. The number of nitrogens with one attached hydrogen (secondary N) is 1. The van der Waals surface area contributed by atoms with Crippen molar-refractivity contribution in [3.8, 4) is 5.75 Å². The van der Waals surface area contributed by atoms with E-state index in [4.69, 9.17) is 21.4 Å². The maximum atomic E-state index is 11.1. The van der Waals surface area contributed by atoms with E-state index in [0.29, 0.717) is 16.3 Å². The van der Waals surface area contributed by atoms with Gasteiger partial charge in [0.15, 0.2) is 0 Å². The van der Waals surface area contributed by atoms with Crippen LogP contribution in [0.15, 0.2) is 12.1 Å². The summed E-state index contributed by atoms with van der Waals surface area (Å²) in [6.07, 6.45) is 0. The molecule has 0 aromatic heterocycles. The second-order valence-electron chi connectivity index (χ2n) is 3.41. The molecule has 0 amide bonds. The fourth-order valence-corrected chi connectivity index (χ4v) is 1.94. The molecule has 16 heavy (non-hydrogen) atoms. The van der Waals surface area contributed by atoms with E-state index in [2.05, 4.69) is 5.32 Å². The number of carboxylic acids is 1. The van der Waals surface area contributed by atoms with Gasteiger partial charge < -0.3 is 15.2 Å². The number of likely N-dealkylation sites (N-methyl/N-ethyl adjacent to an activating group) is 1. The Morgan fingerprint density at radius 3 is 2.62 bits per heavy atom. The highest BCUT2D eigenvalue weighted by atomic mass is 35.5. The zero-order valence-corrected chi connectivity index (χ0v) is 10.1. The predicted octanol–water partition coefficient (Wildman–Crippen LogP) is 2.00. The first-order valence-electron chi connectivity index (χ1n) is 4.75. The summed E-state index contributed by atoms with van der Waals surface area (Å²) in [6.45, 7) is 1.82. The van der Waals surface area contributed by atoms with Crippen molar-refractivity contribution in [2.24, 2.45) is 0 Å². The van der Waals surface area contributed by atoms with E-state index in [1.165, 1.54) is 7.11 Å². The average molecular weight is 244 g/mol. The molecule has 1 unspecified atom stereocenters. The van der Waals surface area contributed by atoms with Crippen molar-refractivity contribution in [3.05, 3.63) is 28.3 Å². The van der Waals surface area contributed by atoms with Crippen LogP contribution in [0.5, 0.6) is 5.75 Å². The van der Waals surface area contributed by atoms with E-state index in [-0.39, 0.29) is 0 Å². The van der Waals surface area contributed by atoms with E-state index in [0.717, 1.165) is 5.56 Å². The topological polar surface area (TPSA) is 58.6 Å². The molecule has 0 aliphatic carbocycles. The maximum Gasteiger partial charge on any atom is 0.325 e. The molecule has 1 atom stereocenters. The quantitative estimate of drug-likeness (QED) is 0.849. The summed E-state index contributed by atoms with van der Waals surface area (Å²) >= 11 is 5.91. The van der Waals surface area contributed by atoms with Crippen molar-refractivity contribution in [3.63, 3.8) is 0 Å². The molecule has 0 fully saturated rings. The van der Waals surface area contributed by atoms with E-state index in [9.17, 15) is 4.79 Å². The molecule has 1 rings (SSSR count). The van der Waals surface area contributed by atoms with Gasteiger partial charge in [0.1, 0.15) is 11.8 Å². The van der Waals surface area contributed by atoms with Gasteiger partial charge in [-0.05, 0) is 31.7 Å². The first-order chi connectivity index (χ1) is 7.51. The van der Waals surface area contributed by atoms with Crippen molar-refractivity contribution in [1.82, 2.24) is 5.32 Å². The number of aryl methyl sites for hydroxylation is 1. The molecule has 88 valence electrons. The van der Waals surface area contributed by atoms with Crippen LogP contribution < -0.4 is 10.1 Å². The number of halogens is 1. The molecule has 0 heterocycles. The molecule has 4 nitrogen and oxygen atoms in total. The second-order valence-corrected chi connectivity index (χ2v) is 3.84. The van der Waals surface area contributed by atoms with Crippen LogP contribution in [-0.2, 0) is 4.79 Å². The highest BCUT2D eigenvalue weighted by Gasteiger charge is 2.23. The number of rotatable bonds is 4. The average Bonchev–Trinajstić information content (AvgIpc) is 2.17. The van der Waals surface area contributed by atoms with E-state index in [1.54, 1.807) is 19.2 Å². The molecule has 0 saturated heterocycles. The Morgan fingerprint density at radius 1 is 1.56 bits per heavy atom. The Kier molecular flexibility index (Phi) is 4.15. The standard InChI is InChI=1S/C11H14ClNO3/c1-6-4-7(12)5-8(10(6)16-3)9(13-2)11(14)15/h4-5,9,13H,1-3H3,(H,14,15). The predicted molar refractivity (Wildman–Crippen MR) is 62.2 cm³/mol. The van der Waals surface area contributed by atoms with Gasteiger partial charge in [-0.15, -0.1) is 0 Å². The zero-order valence-electron chi connectivity index (χ0n) is 9.37. The van der Waals surface area contributed by atoms with Gasteiger partial charge in [-0.3, -0.25) is 4.79 Å². The smallest absolute Gasteiger partial charge is 0.325 e. The molecule has 0 radical (unpaired) electrons. The molecule has 1 aromatic rings. The molecule has 0 saturated carbocycles. The number of benzene rings is 1. The second kappa shape index (κ2) is 5.18. The SMILES string of the molecule is CNC(C(=O)O)c1cc(Cl)cc(C)c1OC. The first kappa shape index (κ1) is 12.8. The lowest BCUT2D eigenvalue weighted by Crippen LogP contribution is -2.25. The highest BCUT2D eigenvalue weighted by molar-refractivity contribution is 6.30. The maximum absolute atomic E-state index is 11.1. The van der Waals surface area contributed by atoms with Crippen molar-refractivity contribution in [2.75, 3.05) is 14.2 Å². The molecular formula is C11H14ClNO3. The van der Waals surface area contributed by atoms with Crippen LogP contribution in [0.4, 0.5) is 0 Å². The van der Waals surface area contributed by atoms with Crippen molar-refractivity contribution in [2.45, 2.75) is 13.0 Å². The summed E-state index contributed by atoms with van der Waals surface area (Å²) in [4.78, 5) is 11.1. The van der Waals surface area contributed by atoms with Crippen molar-refractivity contribution < 1.29 is 14.6 Å². The third-order valence-electron chi connectivity index (χ3n) is 2.32. The van der Waals surface area contributed by atoms with Crippen LogP contribution in [0.3, 0.4) is 0 Å². The summed E-state index contributed by atoms with van der Waals surface area (Å²) in [5.41, 5.74) is 1.34. The van der Waals surface area contributed by atoms with E-state index >= 15 is 0 Å². The highest BCUT2D eigenvalue weighted by Crippen LogP contribution is 2.32. The van der Waals surface area contributed by atoms with Crippen molar-refractivity contribution in [1.29, 1.82) is 0 Å². The fourth-order valence-electron chi connectivity index (χ4n) is 1.66. The minimum Gasteiger partial charge on any atom is -0.496 e. The first-order valence-corrected chi connectivity index (χ1v) is 5.13. The number of hydrogen-bond acceptors (Lipinski definition) is 3. The molecule has 0 aliphatic heterocycles. The number of hydrogen-bond donors (Lipinski definition) is 2. The Morgan fingerprint density at radius 2 is 2.19 bits per heavy atom. The number of methoxy groups -OCH3 is 1. The van der Waals surface area contributed by atoms with Crippen LogP contribution in [0.25, 0.3) is 0 Å². The fraction of sp³-hybridized carbons (Fsp3) is 0.364. The van der Waals surface area contributed by atoms with Gasteiger partial charge in [-0.2, -0.15) is 0 Å². The van der Waals surface area contributed by atoms with Gasteiger partial charge in [0, 0.05) is 10.6 Å². The molecule has 5 heteroatoms. The molecule has 2 N–H and O–H groups in total. The number of aliphatic carboxylic acids is 1. The third kappa shape index (κ3) is 2.46. The Balaban J connectivity index is 3.34. The van der Waals surface area contributed by atoms with E-state index < -0.39 is 12.0 Å². The minimum absolute atomic E-state index is 0.495. The number of carboxylic acid groups (broad SMARTS) is 1. The minimum atomic E-state index is -0.970. The van der Waals surface area contributed by atoms with Gasteiger partial charge in [-0.25, -0.2) is 0 Å². The summed E-state index contributed by atoms with van der Waals surface area (Å²) in [7, 11) is 3.09. The monoisotopic (exact) mass is 243 g/mol. The Bertz CT molecular complexity index is 406. The van der Waals surface area contributed by atoms with Gasteiger partial charge >= 0.3 is 5.97 Å². The summed E-state index contributed by atoms with van der Waals surface area (Å²) in [6, 6.07) is 2.51. The largest absolute Gasteiger partial charge is 0.496 e. The Hall–Kier alpha value is -1.26. The summed E-state index contributed by atoms with van der Waals surface area (Å²) < 4.78 is 5.20. The molecule has 0 spiro atoms. The molecular weight excluding hydrogens is 230 g/mol. The zero-order chi connectivity index (χ0) is 12.3. The lowest BCUT2D eigenvalue weighted by atomic mass is 10.0. The van der Waals surface area contributed by atoms with Crippen LogP contribution in [0.1, 0.15) is 17.2 Å². The van der Waals surface area contributed by atoms with Crippen molar-refractivity contribution >= 4 is 17.6 Å². The van der Waals surface area contributed by atoms with Gasteiger partial charge in [-0.1, -0.05) is 11.6 Å². The van der Waals surface area contributed by atoms with Crippen LogP contribution in [0.2, 0.25) is 5.02 Å². The van der Waals surface area contributed by atoms with Gasteiger partial charge in [0.05, 0.1) is 7.11 Å². The molecule has 0 bridgehead atoms. The van der Waals surface area contributed by atoms with Gasteiger partial charge in [0.2, 0.25) is 0 Å². The van der Waals surface area contributed by atoms with Crippen LogP contribution in [-0.4, -0.2) is 25.2 Å². The lowest BCUT2D eigenvalue weighted by Gasteiger charge is -2.17. The van der Waals surface area contributed by atoms with Gasteiger partial charge in [0.25, 0.3) is 0 Å².